The minimum Gasteiger partial charge on any atom is -0.449 e. The molecule has 11 heteroatoms. The van der Waals surface area contributed by atoms with Crippen LogP contribution in [0, 0.1) is 5.82 Å². The number of fused-ring (bicyclic) bond motifs is 3. The van der Waals surface area contributed by atoms with Gasteiger partial charge in [0.1, 0.15) is 5.82 Å². The predicted octanol–water partition coefficient (Wildman–Crippen LogP) is 4.84. The van der Waals surface area contributed by atoms with E-state index in [4.69, 9.17) is 4.74 Å². The number of carboxylic acid groups (broad SMARTS) is 1. The molecule has 0 aliphatic heterocycles. The van der Waals surface area contributed by atoms with Crippen LogP contribution in [0.25, 0.3) is 22.4 Å². The van der Waals surface area contributed by atoms with Crippen LogP contribution in [0.1, 0.15) is 19.4 Å². The quantitative estimate of drug-likeness (QED) is 0.244. The molecule has 4 aromatic rings. The summed E-state index contributed by atoms with van der Waals surface area (Å²) in [6.07, 6.45) is 4.93. The summed E-state index contributed by atoms with van der Waals surface area (Å²) in [4.78, 5) is 13.4. The topological polar surface area (TPSA) is 113 Å². The fourth-order valence-electron chi connectivity index (χ4n) is 3.96. The number of nitrogens with zero attached hydrogens (tertiary/aromatic N) is 3. The first-order chi connectivity index (χ1) is 17.2. The van der Waals surface area contributed by atoms with Gasteiger partial charge in [-0.25, -0.2) is 22.1 Å². The number of nitrogens with one attached hydrogen (secondary N) is 1. The molecule has 2 aromatic heterocycles. The highest BCUT2D eigenvalue weighted by Crippen LogP contribution is 2.37. The summed E-state index contributed by atoms with van der Waals surface area (Å²) in [5.41, 5.74) is 0.782. The maximum Gasteiger partial charge on any atom is 0.511 e. The van der Waals surface area contributed by atoms with Crippen LogP contribution in [-0.4, -0.2) is 53.8 Å². The first-order valence-corrected chi connectivity index (χ1v) is 12.7. The Hall–Kier alpha value is -3.96. The third-order valence-corrected chi connectivity index (χ3v) is 7.21. The molecule has 36 heavy (non-hydrogen) atoms. The van der Waals surface area contributed by atoms with E-state index in [-0.39, 0.29) is 21.9 Å². The molecule has 4 rings (SSSR count). The van der Waals surface area contributed by atoms with Crippen LogP contribution in [0.3, 0.4) is 0 Å². The van der Waals surface area contributed by atoms with E-state index in [0.717, 1.165) is 25.2 Å². The minimum absolute atomic E-state index is 0.0730. The van der Waals surface area contributed by atoms with Crippen molar-refractivity contribution in [3.05, 3.63) is 72.3 Å². The molecule has 0 saturated heterocycles. The molecule has 2 heterocycles. The van der Waals surface area contributed by atoms with E-state index in [1.165, 1.54) is 12.1 Å². The van der Waals surface area contributed by atoms with Gasteiger partial charge in [0.05, 0.1) is 16.1 Å². The monoisotopic (exact) mass is 512 g/mol. The number of hydrogen-bond acceptors (Lipinski definition) is 6. The lowest BCUT2D eigenvalue weighted by molar-refractivity contribution is 0.145. The molecule has 0 spiro atoms. The highest BCUT2D eigenvalue weighted by atomic mass is 32.2. The van der Waals surface area contributed by atoms with Crippen molar-refractivity contribution in [2.75, 3.05) is 24.4 Å². The largest absolute Gasteiger partial charge is 0.511 e. The zero-order chi connectivity index (χ0) is 25.9. The van der Waals surface area contributed by atoms with Crippen molar-refractivity contribution in [3.8, 4) is 5.75 Å². The van der Waals surface area contributed by atoms with Crippen LogP contribution in [-0.2, 0) is 10.0 Å². The number of sulfonamides is 1. The van der Waals surface area contributed by atoms with Crippen molar-refractivity contribution < 1.29 is 27.4 Å². The standard InChI is InChI=1S/C25H25FN4O5S/c1-3-29(4-2)14-5-6-17-16-18(26)7-10-23(17)36(33,34)28-21-9-8-19-20(24(21)35-25(31)32)12-15-30-22(19)11-13-27-30/h5-13,15-16,28H,3-4,14H2,1-2H3,(H,31,32)/b6-5-. The van der Waals surface area contributed by atoms with Crippen LogP contribution in [0.4, 0.5) is 14.9 Å². The number of anilines is 1. The van der Waals surface area contributed by atoms with Crippen molar-refractivity contribution in [2.24, 2.45) is 0 Å². The third kappa shape index (κ3) is 5.16. The molecule has 0 unspecified atom stereocenters. The Bertz CT molecular complexity index is 1560. The smallest absolute Gasteiger partial charge is 0.449 e. The number of hydrogen-bond donors (Lipinski definition) is 2. The highest BCUT2D eigenvalue weighted by Gasteiger charge is 2.23. The van der Waals surface area contributed by atoms with Crippen molar-refractivity contribution >= 4 is 44.2 Å². The number of ether oxygens (including phenoxy) is 1. The van der Waals surface area contributed by atoms with Gasteiger partial charge in [-0.05, 0) is 61.1 Å². The summed E-state index contributed by atoms with van der Waals surface area (Å²) in [5.74, 6) is -0.755. The molecule has 0 amide bonds. The van der Waals surface area contributed by atoms with E-state index >= 15 is 0 Å². The summed E-state index contributed by atoms with van der Waals surface area (Å²) in [6, 6.07) is 9.76. The van der Waals surface area contributed by atoms with Gasteiger partial charge in [-0.3, -0.25) is 4.72 Å². The van der Waals surface area contributed by atoms with Crippen LogP contribution in [0.5, 0.6) is 5.75 Å². The molecule has 9 nitrogen and oxygen atoms in total. The van der Waals surface area contributed by atoms with E-state index < -0.39 is 22.0 Å². The molecule has 2 N–H and O–H groups in total. The second kappa shape index (κ2) is 10.3. The van der Waals surface area contributed by atoms with Crippen LogP contribution < -0.4 is 9.46 Å². The van der Waals surface area contributed by atoms with Gasteiger partial charge < -0.3 is 14.7 Å². The average molecular weight is 513 g/mol. The second-order valence-corrected chi connectivity index (χ2v) is 9.57. The van der Waals surface area contributed by atoms with Gasteiger partial charge >= 0.3 is 6.16 Å². The van der Waals surface area contributed by atoms with E-state index in [1.54, 1.807) is 47.3 Å². The third-order valence-electron chi connectivity index (χ3n) is 5.78. The Morgan fingerprint density at radius 2 is 1.94 bits per heavy atom. The summed E-state index contributed by atoms with van der Waals surface area (Å²) in [5, 5.41) is 14.5. The molecular weight excluding hydrogens is 487 g/mol. The van der Waals surface area contributed by atoms with E-state index in [1.807, 2.05) is 13.8 Å². The molecular formula is C25H25FN4O5S. The van der Waals surface area contributed by atoms with E-state index in [9.17, 15) is 22.7 Å². The number of benzene rings is 2. The number of aromatic nitrogens is 2. The fraction of sp³-hybridized carbons (Fsp3) is 0.200. The molecule has 2 aromatic carbocycles. The summed E-state index contributed by atoms with van der Waals surface area (Å²) < 4.78 is 49.8. The maximum absolute atomic E-state index is 14.0. The molecule has 0 saturated carbocycles. The number of carbonyl (C=O) groups is 1. The number of pyridine rings is 1. The Morgan fingerprint density at radius 1 is 1.17 bits per heavy atom. The molecule has 0 radical (unpaired) electrons. The zero-order valence-corrected chi connectivity index (χ0v) is 20.5. The Morgan fingerprint density at radius 3 is 2.67 bits per heavy atom. The Labute approximate surface area is 207 Å². The Balaban J connectivity index is 1.76. The van der Waals surface area contributed by atoms with Crippen LogP contribution in [0.15, 0.2) is 65.8 Å². The van der Waals surface area contributed by atoms with Gasteiger partial charge in [-0.1, -0.05) is 26.0 Å². The maximum atomic E-state index is 14.0. The van der Waals surface area contributed by atoms with Crippen molar-refractivity contribution in [1.29, 1.82) is 0 Å². The lowest BCUT2D eigenvalue weighted by Gasteiger charge is -2.16. The average Bonchev–Trinajstić information content (AvgIpc) is 3.32. The summed E-state index contributed by atoms with van der Waals surface area (Å²) in [7, 11) is -4.25. The van der Waals surface area contributed by atoms with Crippen LogP contribution in [0.2, 0.25) is 0 Å². The second-order valence-electron chi connectivity index (χ2n) is 7.92. The SMILES string of the molecule is CCN(CC)C/C=C\c1cc(F)ccc1S(=O)(=O)Nc1ccc2c(ccn3nccc23)c1OC(=O)O. The van der Waals surface area contributed by atoms with Crippen molar-refractivity contribution in [3.63, 3.8) is 0 Å². The van der Waals surface area contributed by atoms with Gasteiger partial charge in [-0.15, -0.1) is 0 Å². The fourth-order valence-corrected chi connectivity index (χ4v) is 5.21. The molecule has 0 aliphatic carbocycles. The van der Waals surface area contributed by atoms with Gasteiger partial charge in [0.15, 0.2) is 5.75 Å². The number of rotatable bonds is 9. The van der Waals surface area contributed by atoms with Gasteiger partial charge in [0, 0.05) is 29.7 Å². The summed E-state index contributed by atoms with van der Waals surface area (Å²) >= 11 is 0. The van der Waals surface area contributed by atoms with Crippen molar-refractivity contribution in [2.45, 2.75) is 18.7 Å². The molecule has 188 valence electrons. The molecule has 0 fully saturated rings. The Kier molecular flexibility index (Phi) is 7.22. The van der Waals surface area contributed by atoms with Crippen LogP contribution >= 0.6 is 0 Å². The van der Waals surface area contributed by atoms with Gasteiger partial charge in [-0.2, -0.15) is 5.10 Å². The van der Waals surface area contributed by atoms with Gasteiger partial charge in [0.25, 0.3) is 10.0 Å². The molecule has 0 bridgehead atoms. The normalized spacial score (nSPS) is 12.1. The zero-order valence-electron chi connectivity index (χ0n) is 19.7. The molecule has 0 atom stereocenters. The highest BCUT2D eigenvalue weighted by molar-refractivity contribution is 7.92. The lowest BCUT2D eigenvalue weighted by atomic mass is 10.1. The van der Waals surface area contributed by atoms with Gasteiger partial charge in [0.2, 0.25) is 0 Å². The minimum atomic E-state index is -4.25. The van der Waals surface area contributed by atoms with E-state index in [0.29, 0.717) is 22.8 Å². The van der Waals surface area contributed by atoms with E-state index in [2.05, 4.69) is 14.7 Å². The first kappa shape index (κ1) is 25.1. The number of halogens is 1. The van der Waals surface area contributed by atoms with Crippen molar-refractivity contribution in [1.82, 2.24) is 14.5 Å². The predicted molar refractivity (Wildman–Crippen MR) is 135 cm³/mol. The lowest BCUT2D eigenvalue weighted by Crippen LogP contribution is -2.22. The number of likely N-dealkylation sites (N-methyl/N-ethyl adjacent to an activating group) is 1. The summed E-state index contributed by atoms with van der Waals surface area (Å²) in [6.45, 7) is 6.23. The molecule has 0 aliphatic rings. The first-order valence-electron chi connectivity index (χ1n) is 11.2.